The molecule has 0 bridgehead atoms. The second kappa shape index (κ2) is 6.57. The summed E-state index contributed by atoms with van der Waals surface area (Å²) in [5.74, 6) is 0.537. The van der Waals surface area contributed by atoms with Crippen molar-refractivity contribution in [1.82, 2.24) is 9.80 Å². The summed E-state index contributed by atoms with van der Waals surface area (Å²) in [7, 11) is 0. The Hall–Kier alpha value is -1.10. The van der Waals surface area contributed by atoms with Crippen LogP contribution in [0.2, 0.25) is 0 Å². The van der Waals surface area contributed by atoms with E-state index >= 15 is 0 Å². The summed E-state index contributed by atoms with van der Waals surface area (Å²) in [6.45, 7) is 5.69. The second-order valence-corrected chi connectivity index (χ2v) is 7.12. The Morgan fingerprint density at radius 2 is 2.14 bits per heavy atom. The molecule has 3 aliphatic rings. The van der Waals surface area contributed by atoms with Gasteiger partial charge in [-0.05, 0) is 39.0 Å². The molecule has 124 valence electrons. The summed E-state index contributed by atoms with van der Waals surface area (Å²) < 4.78 is 5.30. The smallest absolute Gasteiger partial charge is 0.224 e. The van der Waals surface area contributed by atoms with E-state index in [1.54, 1.807) is 0 Å². The van der Waals surface area contributed by atoms with Crippen LogP contribution in [-0.4, -0.2) is 60.5 Å². The van der Waals surface area contributed by atoms with E-state index < -0.39 is 0 Å². The molecule has 5 nitrogen and oxygen atoms in total. The lowest BCUT2D eigenvalue weighted by atomic mass is 9.73. The highest BCUT2D eigenvalue weighted by molar-refractivity contribution is 5.78. The van der Waals surface area contributed by atoms with E-state index in [2.05, 4.69) is 4.90 Å². The Labute approximate surface area is 133 Å². The molecule has 2 amide bonds. The van der Waals surface area contributed by atoms with Crippen molar-refractivity contribution in [2.24, 2.45) is 5.41 Å². The number of ether oxygens (including phenoxy) is 1. The van der Waals surface area contributed by atoms with E-state index in [0.29, 0.717) is 38.0 Å². The normalized spacial score (nSPS) is 29.2. The second-order valence-electron chi connectivity index (χ2n) is 7.12. The number of rotatable bonds is 5. The molecule has 22 heavy (non-hydrogen) atoms. The minimum atomic E-state index is 0.149. The number of nitrogens with zero attached hydrogens (tertiary/aromatic N) is 2. The molecular weight excluding hydrogens is 280 g/mol. The molecule has 0 aromatic heterocycles. The molecule has 5 heteroatoms. The van der Waals surface area contributed by atoms with E-state index in [4.69, 9.17) is 4.74 Å². The van der Waals surface area contributed by atoms with Gasteiger partial charge < -0.3 is 14.5 Å². The van der Waals surface area contributed by atoms with Crippen molar-refractivity contribution in [2.45, 2.75) is 57.9 Å². The quantitative estimate of drug-likeness (QED) is 0.728. The SMILES string of the molecule is CCOCCC(=O)N1CCC[C@]2(CCC(=O)N(C3CC3)C2)C1. The highest BCUT2D eigenvalue weighted by Gasteiger charge is 2.46. The van der Waals surface area contributed by atoms with Gasteiger partial charge in [0.05, 0.1) is 13.0 Å². The van der Waals surface area contributed by atoms with E-state index in [9.17, 15) is 9.59 Å². The fourth-order valence-electron chi connectivity index (χ4n) is 3.98. The lowest BCUT2D eigenvalue weighted by Gasteiger charge is -2.48. The van der Waals surface area contributed by atoms with E-state index in [0.717, 1.165) is 38.9 Å². The molecule has 0 aromatic rings. The molecule has 3 fully saturated rings. The molecule has 2 aliphatic heterocycles. The number of amides is 2. The molecule has 0 radical (unpaired) electrons. The fourth-order valence-corrected chi connectivity index (χ4v) is 3.98. The number of hydrogen-bond donors (Lipinski definition) is 0. The van der Waals surface area contributed by atoms with Gasteiger partial charge >= 0.3 is 0 Å². The maximum Gasteiger partial charge on any atom is 0.224 e. The van der Waals surface area contributed by atoms with Gasteiger partial charge in [0.25, 0.3) is 0 Å². The predicted octanol–water partition coefficient (Wildman–Crippen LogP) is 1.81. The Bertz CT molecular complexity index is 436. The van der Waals surface area contributed by atoms with Gasteiger partial charge in [0.1, 0.15) is 0 Å². The Kier molecular flexibility index (Phi) is 4.71. The zero-order valence-electron chi connectivity index (χ0n) is 13.7. The van der Waals surface area contributed by atoms with Crippen LogP contribution in [0, 0.1) is 5.41 Å². The molecule has 1 saturated carbocycles. The van der Waals surface area contributed by atoms with Crippen LogP contribution in [0.25, 0.3) is 0 Å². The van der Waals surface area contributed by atoms with Crippen molar-refractivity contribution in [3.63, 3.8) is 0 Å². The van der Waals surface area contributed by atoms with E-state index in [1.807, 2.05) is 11.8 Å². The van der Waals surface area contributed by atoms with Gasteiger partial charge in [-0.25, -0.2) is 0 Å². The molecule has 2 heterocycles. The minimum absolute atomic E-state index is 0.149. The molecule has 2 saturated heterocycles. The zero-order valence-corrected chi connectivity index (χ0v) is 13.7. The van der Waals surface area contributed by atoms with Gasteiger partial charge in [-0.2, -0.15) is 0 Å². The average Bonchev–Trinajstić information content (AvgIpc) is 3.35. The van der Waals surface area contributed by atoms with Crippen LogP contribution in [0.4, 0.5) is 0 Å². The van der Waals surface area contributed by atoms with Gasteiger partial charge in [0.2, 0.25) is 11.8 Å². The van der Waals surface area contributed by atoms with Gasteiger partial charge in [-0.3, -0.25) is 9.59 Å². The maximum absolute atomic E-state index is 12.4. The van der Waals surface area contributed by atoms with Crippen molar-refractivity contribution in [3.05, 3.63) is 0 Å². The summed E-state index contributed by atoms with van der Waals surface area (Å²) in [6.07, 6.45) is 6.64. The van der Waals surface area contributed by atoms with Crippen molar-refractivity contribution >= 4 is 11.8 Å². The van der Waals surface area contributed by atoms with Crippen molar-refractivity contribution in [1.29, 1.82) is 0 Å². The summed E-state index contributed by atoms with van der Waals surface area (Å²) in [4.78, 5) is 28.6. The molecule has 3 rings (SSSR count). The van der Waals surface area contributed by atoms with Crippen molar-refractivity contribution in [3.8, 4) is 0 Å². The van der Waals surface area contributed by atoms with Crippen LogP contribution in [0.5, 0.6) is 0 Å². The standard InChI is InChI=1S/C17H28N2O3/c1-2-22-11-7-15(20)18-10-3-8-17(12-18)9-6-16(21)19(13-17)14-4-5-14/h14H,2-13H2,1H3/t17-/m0/s1. The Morgan fingerprint density at radius 1 is 1.32 bits per heavy atom. The molecule has 1 aliphatic carbocycles. The molecule has 1 atom stereocenters. The molecular formula is C17H28N2O3. The number of carbonyl (C=O) groups is 2. The number of carbonyl (C=O) groups excluding carboxylic acids is 2. The van der Waals surface area contributed by atoms with Crippen LogP contribution >= 0.6 is 0 Å². The predicted molar refractivity (Wildman–Crippen MR) is 83.3 cm³/mol. The van der Waals surface area contributed by atoms with Crippen LogP contribution in [0.3, 0.4) is 0 Å². The zero-order chi connectivity index (χ0) is 15.6. The van der Waals surface area contributed by atoms with Crippen molar-refractivity contribution in [2.75, 3.05) is 32.8 Å². The Morgan fingerprint density at radius 3 is 2.86 bits per heavy atom. The number of likely N-dealkylation sites (tertiary alicyclic amines) is 2. The van der Waals surface area contributed by atoms with Gasteiger partial charge in [-0.1, -0.05) is 0 Å². The average molecular weight is 308 g/mol. The van der Waals surface area contributed by atoms with Gasteiger partial charge in [0, 0.05) is 44.1 Å². The van der Waals surface area contributed by atoms with Crippen LogP contribution < -0.4 is 0 Å². The number of piperidine rings is 2. The summed E-state index contributed by atoms with van der Waals surface area (Å²) in [6, 6.07) is 0.494. The minimum Gasteiger partial charge on any atom is -0.381 e. The molecule has 0 N–H and O–H groups in total. The lowest BCUT2D eigenvalue weighted by molar-refractivity contribution is -0.144. The molecule has 0 aromatic carbocycles. The molecule has 1 spiro atoms. The third-order valence-electron chi connectivity index (χ3n) is 5.36. The third-order valence-corrected chi connectivity index (χ3v) is 5.36. The van der Waals surface area contributed by atoms with E-state index in [1.165, 1.54) is 12.8 Å². The highest BCUT2D eigenvalue weighted by Crippen LogP contribution is 2.42. The first-order valence-electron chi connectivity index (χ1n) is 8.78. The van der Waals surface area contributed by atoms with Gasteiger partial charge in [-0.15, -0.1) is 0 Å². The first kappa shape index (κ1) is 15.8. The first-order chi connectivity index (χ1) is 10.6. The monoisotopic (exact) mass is 308 g/mol. The summed E-state index contributed by atoms with van der Waals surface area (Å²) in [5, 5.41) is 0. The molecule has 0 unspecified atom stereocenters. The van der Waals surface area contributed by atoms with E-state index in [-0.39, 0.29) is 11.3 Å². The topological polar surface area (TPSA) is 49.9 Å². The third kappa shape index (κ3) is 3.45. The highest BCUT2D eigenvalue weighted by atomic mass is 16.5. The maximum atomic E-state index is 12.4. The number of hydrogen-bond acceptors (Lipinski definition) is 3. The van der Waals surface area contributed by atoms with Crippen LogP contribution in [0.1, 0.15) is 51.9 Å². The first-order valence-corrected chi connectivity index (χ1v) is 8.78. The summed E-state index contributed by atoms with van der Waals surface area (Å²) in [5.41, 5.74) is 0.149. The Balaban J connectivity index is 1.59. The van der Waals surface area contributed by atoms with Crippen LogP contribution in [0.15, 0.2) is 0 Å². The summed E-state index contributed by atoms with van der Waals surface area (Å²) >= 11 is 0. The fraction of sp³-hybridized carbons (Fsp3) is 0.882. The van der Waals surface area contributed by atoms with Gasteiger partial charge in [0.15, 0.2) is 0 Å². The lowest BCUT2D eigenvalue weighted by Crippen LogP contribution is -2.55. The largest absolute Gasteiger partial charge is 0.381 e. The van der Waals surface area contributed by atoms with Crippen molar-refractivity contribution < 1.29 is 14.3 Å². The van der Waals surface area contributed by atoms with Crippen LogP contribution in [-0.2, 0) is 14.3 Å².